The molecule has 0 saturated heterocycles. The number of para-hydroxylation sites is 1. The maximum Gasteiger partial charge on any atom is 0.342 e. The Hall–Kier alpha value is -2.04. The van der Waals surface area contributed by atoms with E-state index in [0.717, 1.165) is 0 Å². The fraction of sp³-hybridized carbons (Fsp3) is 0.385. The zero-order chi connectivity index (χ0) is 13.8. The summed E-state index contributed by atoms with van der Waals surface area (Å²) in [6.07, 6.45) is 0. The average Bonchev–Trinajstić information content (AvgIpc) is 2.24. The van der Waals surface area contributed by atoms with E-state index in [4.69, 9.17) is 14.6 Å². The third-order valence-electron chi connectivity index (χ3n) is 1.86. The molecule has 0 saturated carbocycles. The van der Waals surface area contributed by atoms with Gasteiger partial charge in [-0.25, -0.2) is 9.59 Å². The van der Waals surface area contributed by atoms with Gasteiger partial charge in [-0.15, -0.1) is 0 Å². The molecule has 98 valence electrons. The summed E-state index contributed by atoms with van der Waals surface area (Å²) in [5.74, 6) is -1.44. The second-order valence-electron chi connectivity index (χ2n) is 4.68. The van der Waals surface area contributed by atoms with Crippen LogP contribution in [0.4, 0.5) is 0 Å². The fourth-order valence-electron chi connectivity index (χ4n) is 1.23. The van der Waals surface area contributed by atoms with E-state index >= 15 is 0 Å². The minimum atomic E-state index is -1.10. The van der Waals surface area contributed by atoms with E-state index in [0.29, 0.717) is 0 Å². The van der Waals surface area contributed by atoms with Crippen molar-refractivity contribution < 1.29 is 24.2 Å². The monoisotopic (exact) mass is 252 g/mol. The zero-order valence-electron chi connectivity index (χ0n) is 10.6. The minimum absolute atomic E-state index is 0.203. The van der Waals surface area contributed by atoms with Crippen LogP contribution in [0, 0.1) is 0 Å². The van der Waals surface area contributed by atoms with Crippen LogP contribution >= 0.6 is 0 Å². The van der Waals surface area contributed by atoms with Gasteiger partial charge in [0.25, 0.3) is 0 Å². The van der Waals surface area contributed by atoms with Crippen molar-refractivity contribution in [2.45, 2.75) is 26.4 Å². The maximum absolute atomic E-state index is 11.9. The van der Waals surface area contributed by atoms with Crippen molar-refractivity contribution in [2.24, 2.45) is 0 Å². The minimum Gasteiger partial charge on any atom is -0.481 e. The molecule has 18 heavy (non-hydrogen) atoms. The van der Waals surface area contributed by atoms with Gasteiger partial charge in [-0.05, 0) is 32.9 Å². The SMILES string of the molecule is CC(C)(C)OC(=O)c1ccccc1OCC(=O)O. The van der Waals surface area contributed by atoms with E-state index in [1.54, 1.807) is 32.9 Å². The highest BCUT2D eigenvalue weighted by atomic mass is 16.6. The van der Waals surface area contributed by atoms with Gasteiger partial charge < -0.3 is 14.6 Å². The van der Waals surface area contributed by atoms with Gasteiger partial charge in [0.05, 0.1) is 0 Å². The Labute approximate surface area is 105 Å². The van der Waals surface area contributed by atoms with Crippen molar-refractivity contribution in [3.63, 3.8) is 0 Å². The fourth-order valence-corrected chi connectivity index (χ4v) is 1.23. The third kappa shape index (κ3) is 4.45. The summed E-state index contributed by atoms with van der Waals surface area (Å²) in [6.45, 7) is 4.77. The first kappa shape index (κ1) is 14.0. The molecule has 0 atom stereocenters. The topological polar surface area (TPSA) is 72.8 Å². The Kier molecular flexibility index (Phi) is 4.31. The lowest BCUT2D eigenvalue weighted by molar-refractivity contribution is -0.139. The van der Waals surface area contributed by atoms with Crippen LogP contribution in [0.25, 0.3) is 0 Å². The summed E-state index contributed by atoms with van der Waals surface area (Å²) in [6, 6.07) is 6.38. The third-order valence-corrected chi connectivity index (χ3v) is 1.86. The number of carboxylic acid groups (broad SMARTS) is 1. The van der Waals surface area contributed by atoms with Crippen LogP contribution in [0.5, 0.6) is 5.75 Å². The van der Waals surface area contributed by atoms with Crippen molar-refractivity contribution in [2.75, 3.05) is 6.61 Å². The summed E-state index contributed by atoms with van der Waals surface area (Å²) < 4.78 is 10.2. The Morgan fingerprint density at radius 3 is 2.39 bits per heavy atom. The molecule has 0 amide bonds. The normalized spacial score (nSPS) is 10.8. The van der Waals surface area contributed by atoms with Gasteiger partial charge in [0.2, 0.25) is 0 Å². The second-order valence-corrected chi connectivity index (χ2v) is 4.68. The molecule has 0 fully saturated rings. The highest BCUT2D eigenvalue weighted by molar-refractivity contribution is 5.92. The first-order chi connectivity index (χ1) is 8.29. The maximum atomic E-state index is 11.9. The van der Waals surface area contributed by atoms with Gasteiger partial charge in [0, 0.05) is 0 Å². The molecule has 0 aromatic heterocycles. The van der Waals surface area contributed by atoms with Crippen molar-refractivity contribution >= 4 is 11.9 Å². The Bertz CT molecular complexity index is 445. The van der Waals surface area contributed by atoms with E-state index < -0.39 is 24.1 Å². The smallest absolute Gasteiger partial charge is 0.342 e. The quantitative estimate of drug-likeness (QED) is 0.831. The van der Waals surface area contributed by atoms with Crippen molar-refractivity contribution in [3.05, 3.63) is 29.8 Å². The zero-order valence-corrected chi connectivity index (χ0v) is 10.6. The van der Waals surface area contributed by atoms with Gasteiger partial charge in [0.1, 0.15) is 16.9 Å². The molecule has 0 aliphatic heterocycles. The van der Waals surface area contributed by atoms with Crippen LogP contribution in [0.2, 0.25) is 0 Å². The number of carbonyl (C=O) groups is 2. The van der Waals surface area contributed by atoms with Crippen molar-refractivity contribution in [1.29, 1.82) is 0 Å². The second kappa shape index (κ2) is 5.53. The number of carbonyl (C=O) groups excluding carboxylic acids is 1. The average molecular weight is 252 g/mol. The largest absolute Gasteiger partial charge is 0.481 e. The number of hydrogen-bond donors (Lipinski definition) is 1. The lowest BCUT2D eigenvalue weighted by atomic mass is 10.1. The van der Waals surface area contributed by atoms with Crippen LogP contribution in [-0.4, -0.2) is 29.3 Å². The predicted octanol–water partition coefficient (Wildman–Crippen LogP) is 2.11. The number of aliphatic carboxylic acids is 1. The van der Waals surface area contributed by atoms with E-state index in [1.165, 1.54) is 12.1 Å². The van der Waals surface area contributed by atoms with Crippen LogP contribution in [0.1, 0.15) is 31.1 Å². The molecular weight excluding hydrogens is 236 g/mol. The number of rotatable bonds is 4. The van der Waals surface area contributed by atoms with E-state index in [1.807, 2.05) is 0 Å². The predicted molar refractivity (Wildman–Crippen MR) is 64.7 cm³/mol. The molecule has 0 heterocycles. The van der Waals surface area contributed by atoms with Crippen molar-refractivity contribution in [3.8, 4) is 5.75 Å². The molecule has 0 unspecified atom stereocenters. The van der Waals surface area contributed by atoms with Crippen molar-refractivity contribution in [1.82, 2.24) is 0 Å². The highest BCUT2D eigenvalue weighted by Crippen LogP contribution is 2.21. The summed E-state index contributed by atoms with van der Waals surface area (Å²) in [4.78, 5) is 22.3. The first-order valence-corrected chi connectivity index (χ1v) is 5.46. The standard InChI is InChI=1S/C13H16O5/c1-13(2,3)18-12(16)9-6-4-5-7-10(9)17-8-11(14)15/h4-7H,8H2,1-3H3,(H,14,15). The highest BCUT2D eigenvalue weighted by Gasteiger charge is 2.20. The number of esters is 1. The van der Waals surface area contributed by atoms with Gasteiger partial charge in [-0.1, -0.05) is 12.1 Å². The summed E-state index contributed by atoms with van der Waals surface area (Å²) >= 11 is 0. The van der Waals surface area contributed by atoms with E-state index in [2.05, 4.69) is 0 Å². The van der Waals surface area contributed by atoms with Gasteiger partial charge in [0.15, 0.2) is 6.61 Å². The summed E-state index contributed by atoms with van der Waals surface area (Å²) in [7, 11) is 0. The molecule has 1 rings (SSSR count). The van der Waals surface area contributed by atoms with Crippen LogP contribution in [0.15, 0.2) is 24.3 Å². The molecule has 1 aromatic rings. The molecule has 0 spiro atoms. The number of carboxylic acids is 1. The lowest BCUT2D eigenvalue weighted by Gasteiger charge is -2.20. The van der Waals surface area contributed by atoms with Gasteiger partial charge >= 0.3 is 11.9 Å². The molecule has 5 heteroatoms. The lowest BCUT2D eigenvalue weighted by Crippen LogP contribution is -2.24. The van der Waals surface area contributed by atoms with Gasteiger partial charge in [-0.2, -0.15) is 0 Å². The number of ether oxygens (including phenoxy) is 2. The molecule has 0 bridgehead atoms. The number of hydrogen-bond acceptors (Lipinski definition) is 4. The van der Waals surface area contributed by atoms with Crippen LogP contribution in [0.3, 0.4) is 0 Å². The molecule has 1 aromatic carbocycles. The molecular formula is C13H16O5. The summed E-state index contributed by atoms with van der Waals surface area (Å²) in [5.41, 5.74) is -0.398. The van der Waals surface area contributed by atoms with E-state index in [9.17, 15) is 9.59 Å². The Balaban J connectivity index is 2.87. The van der Waals surface area contributed by atoms with Crippen LogP contribution in [-0.2, 0) is 9.53 Å². The first-order valence-electron chi connectivity index (χ1n) is 5.46. The van der Waals surface area contributed by atoms with E-state index in [-0.39, 0.29) is 11.3 Å². The molecule has 0 radical (unpaired) electrons. The number of benzene rings is 1. The Morgan fingerprint density at radius 1 is 1.22 bits per heavy atom. The molecule has 0 aliphatic carbocycles. The van der Waals surface area contributed by atoms with Crippen LogP contribution < -0.4 is 4.74 Å². The molecule has 1 N–H and O–H groups in total. The van der Waals surface area contributed by atoms with Gasteiger partial charge in [-0.3, -0.25) is 0 Å². The Morgan fingerprint density at radius 2 is 1.83 bits per heavy atom. The summed E-state index contributed by atoms with van der Waals surface area (Å²) in [5, 5.41) is 8.55. The molecule has 5 nitrogen and oxygen atoms in total. The molecule has 0 aliphatic rings.